The number of nitro groups is 1. The molecule has 0 saturated carbocycles. The van der Waals surface area contributed by atoms with E-state index in [1.807, 2.05) is 13.8 Å². The summed E-state index contributed by atoms with van der Waals surface area (Å²) < 4.78 is 0. The van der Waals surface area contributed by atoms with Crippen LogP contribution in [0.25, 0.3) is 6.08 Å². The molecule has 0 aliphatic carbocycles. The average Bonchev–Trinajstić information content (AvgIpc) is 2.29. The van der Waals surface area contributed by atoms with E-state index in [-0.39, 0.29) is 22.4 Å². The van der Waals surface area contributed by atoms with Crippen molar-refractivity contribution in [2.45, 2.75) is 27.2 Å². The summed E-state index contributed by atoms with van der Waals surface area (Å²) in [5.41, 5.74) is 1.62. The second kappa shape index (κ2) is 6.68. The fourth-order valence-corrected chi connectivity index (χ4v) is 1.66. The summed E-state index contributed by atoms with van der Waals surface area (Å²) in [5, 5.41) is 13.6. The Morgan fingerprint density at radius 2 is 1.95 bits per heavy atom. The molecule has 0 spiro atoms. The van der Waals surface area contributed by atoms with Crippen molar-refractivity contribution in [3.63, 3.8) is 0 Å². The van der Waals surface area contributed by atoms with Gasteiger partial charge in [-0.15, -0.1) is 0 Å². The molecule has 1 aromatic rings. The van der Waals surface area contributed by atoms with Crippen LogP contribution in [0.1, 0.15) is 32.8 Å². The van der Waals surface area contributed by atoms with Gasteiger partial charge < -0.3 is 5.32 Å². The van der Waals surface area contributed by atoms with Crippen molar-refractivity contribution in [3.05, 3.63) is 45.6 Å². The monoisotopic (exact) mass is 262 g/mol. The third-order valence-electron chi connectivity index (χ3n) is 2.42. The van der Waals surface area contributed by atoms with E-state index >= 15 is 0 Å². The Morgan fingerprint density at radius 1 is 1.37 bits per heavy atom. The third-order valence-corrected chi connectivity index (χ3v) is 2.42. The topological polar surface area (TPSA) is 72.2 Å². The number of benzene rings is 1. The van der Waals surface area contributed by atoms with Gasteiger partial charge in [-0.1, -0.05) is 26.0 Å². The number of anilines is 1. The first-order valence-electron chi connectivity index (χ1n) is 6.11. The third kappa shape index (κ3) is 5.33. The number of hydrogen-bond donors (Lipinski definition) is 1. The number of carbonyl (C=O) groups excluding carboxylic acids is 1. The molecule has 1 rings (SSSR count). The number of allylic oxidation sites excluding steroid dienone is 1. The molecule has 0 bridgehead atoms. The second-order valence-corrected chi connectivity index (χ2v) is 4.79. The lowest BCUT2D eigenvalue weighted by Gasteiger charge is -2.04. The number of nitrogens with one attached hydrogen (secondary N) is 1. The van der Waals surface area contributed by atoms with Crippen LogP contribution in [-0.4, -0.2) is 10.8 Å². The Kier molecular flexibility index (Phi) is 5.23. The van der Waals surface area contributed by atoms with E-state index in [0.717, 1.165) is 5.56 Å². The van der Waals surface area contributed by atoms with Crippen LogP contribution in [0.2, 0.25) is 0 Å². The van der Waals surface area contributed by atoms with Crippen molar-refractivity contribution in [1.29, 1.82) is 0 Å². The number of hydrogen-bond acceptors (Lipinski definition) is 3. The van der Waals surface area contributed by atoms with Crippen molar-refractivity contribution in [2.24, 2.45) is 5.92 Å². The molecule has 0 saturated heterocycles. The zero-order valence-electron chi connectivity index (χ0n) is 11.3. The van der Waals surface area contributed by atoms with E-state index in [0.29, 0.717) is 12.1 Å². The summed E-state index contributed by atoms with van der Waals surface area (Å²) in [4.78, 5) is 21.5. The molecule has 1 aromatic carbocycles. The lowest BCUT2D eigenvalue weighted by Crippen LogP contribution is -2.05. The molecule has 0 aliphatic rings. The zero-order valence-corrected chi connectivity index (χ0v) is 11.3. The molecular formula is C14H18N2O3. The maximum absolute atomic E-state index is 10.9. The van der Waals surface area contributed by atoms with Crippen molar-refractivity contribution in [3.8, 4) is 0 Å². The molecule has 0 heterocycles. The fourth-order valence-electron chi connectivity index (χ4n) is 1.66. The first-order valence-corrected chi connectivity index (χ1v) is 6.11. The molecule has 5 heteroatoms. The van der Waals surface area contributed by atoms with Crippen LogP contribution in [0.15, 0.2) is 30.0 Å². The molecule has 102 valence electrons. The van der Waals surface area contributed by atoms with Gasteiger partial charge in [-0.25, -0.2) is 0 Å². The zero-order chi connectivity index (χ0) is 14.4. The van der Waals surface area contributed by atoms with Crippen LogP contribution in [0, 0.1) is 16.0 Å². The van der Waals surface area contributed by atoms with Gasteiger partial charge in [0.05, 0.1) is 4.92 Å². The van der Waals surface area contributed by atoms with Crippen molar-refractivity contribution in [2.75, 3.05) is 5.32 Å². The maximum Gasteiger partial charge on any atom is 0.247 e. The van der Waals surface area contributed by atoms with Crippen LogP contribution in [-0.2, 0) is 4.79 Å². The number of carbonyl (C=O) groups is 1. The molecule has 0 unspecified atom stereocenters. The Morgan fingerprint density at radius 3 is 2.37 bits per heavy atom. The lowest BCUT2D eigenvalue weighted by atomic mass is 10.1. The van der Waals surface area contributed by atoms with Gasteiger partial charge >= 0.3 is 0 Å². The van der Waals surface area contributed by atoms with E-state index in [4.69, 9.17) is 0 Å². The van der Waals surface area contributed by atoms with Gasteiger partial charge in [0.2, 0.25) is 11.6 Å². The number of nitrogens with zero attached hydrogens (tertiary/aromatic N) is 1. The van der Waals surface area contributed by atoms with Gasteiger partial charge in [0, 0.05) is 25.1 Å². The minimum absolute atomic E-state index is 0.144. The fraction of sp³-hybridized carbons (Fsp3) is 0.357. The predicted octanol–water partition coefficient (Wildman–Crippen LogP) is 3.31. The minimum atomic E-state index is -0.346. The van der Waals surface area contributed by atoms with Crippen molar-refractivity contribution >= 4 is 17.7 Å². The van der Waals surface area contributed by atoms with Crippen LogP contribution in [0.3, 0.4) is 0 Å². The number of amides is 1. The molecular weight excluding hydrogens is 244 g/mol. The Balaban J connectivity index is 2.89. The lowest BCUT2D eigenvalue weighted by molar-refractivity contribution is -0.427. The molecule has 19 heavy (non-hydrogen) atoms. The quantitative estimate of drug-likeness (QED) is 0.653. The summed E-state index contributed by atoms with van der Waals surface area (Å²) in [6, 6.07) is 6.94. The molecule has 1 amide bonds. The van der Waals surface area contributed by atoms with Gasteiger partial charge in [0.1, 0.15) is 0 Å². The normalized spacial score (nSPS) is 11.5. The van der Waals surface area contributed by atoms with Crippen LogP contribution in [0.5, 0.6) is 0 Å². The van der Waals surface area contributed by atoms with Crippen LogP contribution < -0.4 is 5.32 Å². The highest BCUT2D eigenvalue weighted by atomic mass is 16.6. The maximum atomic E-state index is 10.9. The van der Waals surface area contributed by atoms with Gasteiger partial charge in [0.25, 0.3) is 0 Å². The first kappa shape index (κ1) is 14.9. The molecule has 0 radical (unpaired) electrons. The van der Waals surface area contributed by atoms with E-state index in [9.17, 15) is 14.9 Å². The highest BCUT2D eigenvalue weighted by molar-refractivity contribution is 5.88. The first-order chi connectivity index (χ1) is 8.88. The Hall–Kier alpha value is -2.17. The van der Waals surface area contributed by atoms with E-state index in [1.54, 1.807) is 30.3 Å². The molecule has 0 aromatic heterocycles. The molecule has 5 nitrogen and oxygen atoms in total. The summed E-state index contributed by atoms with van der Waals surface area (Å²) >= 11 is 0. The van der Waals surface area contributed by atoms with Gasteiger partial charge in [-0.2, -0.15) is 0 Å². The Bertz CT molecular complexity index is 490. The van der Waals surface area contributed by atoms with Crippen LogP contribution in [0.4, 0.5) is 5.69 Å². The Labute approximate surface area is 112 Å². The van der Waals surface area contributed by atoms with E-state index < -0.39 is 0 Å². The van der Waals surface area contributed by atoms with Crippen molar-refractivity contribution in [1.82, 2.24) is 0 Å². The molecule has 0 aliphatic heterocycles. The largest absolute Gasteiger partial charge is 0.326 e. The summed E-state index contributed by atoms with van der Waals surface area (Å²) in [6.45, 7) is 5.32. The number of rotatable bonds is 5. The summed E-state index contributed by atoms with van der Waals surface area (Å²) in [5.74, 6) is 0.0874. The van der Waals surface area contributed by atoms with Crippen molar-refractivity contribution < 1.29 is 9.72 Å². The minimum Gasteiger partial charge on any atom is -0.326 e. The SMILES string of the molecule is CC(=O)Nc1ccc(C=C(CC(C)C)[N+](=O)[O-])cc1. The standard InChI is InChI=1S/C14H18N2O3/c1-10(2)8-14(16(18)19)9-12-4-6-13(7-5-12)15-11(3)17/h4-7,9-10H,8H2,1-3H3,(H,15,17). The molecule has 0 atom stereocenters. The smallest absolute Gasteiger partial charge is 0.247 e. The van der Waals surface area contributed by atoms with Gasteiger partial charge in [-0.3, -0.25) is 14.9 Å². The summed E-state index contributed by atoms with van der Waals surface area (Å²) in [7, 11) is 0. The average molecular weight is 262 g/mol. The van der Waals surface area contributed by atoms with E-state index in [2.05, 4.69) is 5.32 Å². The predicted molar refractivity (Wildman–Crippen MR) is 75.2 cm³/mol. The highest BCUT2D eigenvalue weighted by Gasteiger charge is 2.12. The summed E-state index contributed by atoms with van der Waals surface area (Å²) in [6.07, 6.45) is 2.00. The van der Waals surface area contributed by atoms with Gasteiger partial charge in [-0.05, 0) is 23.6 Å². The van der Waals surface area contributed by atoms with Gasteiger partial charge in [0.15, 0.2) is 0 Å². The molecule has 0 fully saturated rings. The second-order valence-electron chi connectivity index (χ2n) is 4.79. The van der Waals surface area contributed by atoms with Crippen LogP contribution >= 0.6 is 0 Å². The highest BCUT2D eigenvalue weighted by Crippen LogP contribution is 2.17. The molecule has 1 N–H and O–H groups in total. The van der Waals surface area contributed by atoms with E-state index in [1.165, 1.54) is 6.92 Å².